The average Bonchev–Trinajstić information content (AvgIpc) is 2.66. The lowest BCUT2D eigenvalue weighted by Crippen LogP contribution is -1.98. The van der Waals surface area contributed by atoms with E-state index in [1.165, 1.54) is 22.3 Å². The van der Waals surface area contributed by atoms with E-state index in [1.54, 1.807) is 0 Å². The molecule has 0 aliphatic heterocycles. The third-order valence-corrected chi connectivity index (χ3v) is 4.32. The van der Waals surface area contributed by atoms with Crippen molar-refractivity contribution < 1.29 is 4.74 Å². The Bertz CT molecular complexity index is 745. The third-order valence-electron chi connectivity index (χ3n) is 4.32. The lowest BCUT2D eigenvalue weighted by molar-refractivity contribution is 0.303. The summed E-state index contributed by atoms with van der Waals surface area (Å²) < 4.78 is 5.98. The molecule has 0 bridgehead atoms. The van der Waals surface area contributed by atoms with Gasteiger partial charge in [0.25, 0.3) is 0 Å². The van der Waals surface area contributed by atoms with Crippen LogP contribution < -0.4 is 4.74 Å². The minimum Gasteiger partial charge on any atom is -0.489 e. The molecular formula is C23H24O. The van der Waals surface area contributed by atoms with E-state index in [1.807, 2.05) is 12.1 Å². The first-order valence-corrected chi connectivity index (χ1v) is 8.67. The van der Waals surface area contributed by atoms with Gasteiger partial charge in [-0.05, 0) is 47.6 Å². The molecule has 3 aromatic carbocycles. The van der Waals surface area contributed by atoms with E-state index in [0.717, 1.165) is 25.0 Å². The Labute approximate surface area is 144 Å². The predicted octanol–water partition coefficient (Wildman–Crippen LogP) is 5.61. The number of ether oxygens (including phenoxy) is 1. The van der Waals surface area contributed by atoms with Gasteiger partial charge in [0.05, 0.1) is 0 Å². The number of hydrogen-bond donors (Lipinski definition) is 0. The minimum absolute atomic E-state index is 0.621. The fraction of sp³-hybridized carbons (Fsp3) is 0.217. The van der Waals surface area contributed by atoms with Crippen molar-refractivity contribution in [1.29, 1.82) is 0 Å². The summed E-state index contributed by atoms with van der Waals surface area (Å²) in [6.45, 7) is 2.78. The summed E-state index contributed by atoms with van der Waals surface area (Å²) in [6.07, 6.45) is 3.15. The van der Waals surface area contributed by atoms with Crippen LogP contribution in [0.15, 0.2) is 78.9 Å². The van der Waals surface area contributed by atoms with Gasteiger partial charge in [-0.3, -0.25) is 0 Å². The molecule has 0 N–H and O–H groups in total. The lowest BCUT2D eigenvalue weighted by atomic mass is 10.0. The highest BCUT2D eigenvalue weighted by Gasteiger charge is 2.02. The molecule has 0 radical (unpaired) electrons. The van der Waals surface area contributed by atoms with Gasteiger partial charge in [0.1, 0.15) is 12.4 Å². The first-order valence-electron chi connectivity index (χ1n) is 8.67. The molecule has 0 fully saturated rings. The second-order valence-electron chi connectivity index (χ2n) is 6.05. The van der Waals surface area contributed by atoms with Crippen LogP contribution in [0.25, 0.3) is 0 Å². The van der Waals surface area contributed by atoms with Crippen molar-refractivity contribution in [3.05, 3.63) is 101 Å². The SMILES string of the molecule is CCc1ccccc1OCc1ccc(CCc2ccccc2)cc1. The van der Waals surface area contributed by atoms with E-state index >= 15 is 0 Å². The van der Waals surface area contributed by atoms with Crippen molar-refractivity contribution in [2.24, 2.45) is 0 Å². The molecule has 0 saturated heterocycles. The number of benzene rings is 3. The van der Waals surface area contributed by atoms with Crippen LogP contribution in [0.5, 0.6) is 5.75 Å². The first-order chi connectivity index (χ1) is 11.8. The summed E-state index contributed by atoms with van der Waals surface area (Å²) in [6, 6.07) is 27.7. The van der Waals surface area contributed by atoms with Crippen LogP contribution in [-0.2, 0) is 25.9 Å². The van der Waals surface area contributed by atoms with Crippen molar-refractivity contribution >= 4 is 0 Å². The zero-order chi connectivity index (χ0) is 16.6. The molecule has 0 aromatic heterocycles. The fourth-order valence-corrected chi connectivity index (χ4v) is 2.83. The van der Waals surface area contributed by atoms with E-state index in [-0.39, 0.29) is 0 Å². The maximum absolute atomic E-state index is 5.98. The van der Waals surface area contributed by atoms with Gasteiger partial charge in [-0.1, -0.05) is 79.7 Å². The van der Waals surface area contributed by atoms with E-state index in [2.05, 4.69) is 73.7 Å². The molecule has 0 heterocycles. The first kappa shape index (κ1) is 16.3. The summed E-state index contributed by atoms with van der Waals surface area (Å²) in [4.78, 5) is 0. The van der Waals surface area contributed by atoms with E-state index in [9.17, 15) is 0 Å². The van der Waals surface area contributed by atoms with Crippen molar-refractivity contribution in [1.82, 2.24) is 0 Å². The van der Waals surface area contributed by atoms with Gasteiger partial charge in [-0.15, -0.1) is 0 Å². The number of aryl methyl sites for hydroxylation is 3. The Balaban J connectivity index is 1.54. The van der Waals surface area contributed by atoms with Gasteiger partial charge < -0.3 is 4.74 Å². The Morgan fingerprint density at radius 1 is 0.625 bits per heavy atom. The maximum atomic E-state index is 5.98. The van der Waals surface area contributed by atoms with Gasteiger partial charge in [-0.2, -0.15) is 0 Å². The maximum Gasteiger partial charge on any atom is 0.122 e. The van der Waals surface area contributed by atoms with Crippen molar-refractivity contribution in [3.8, 4) is 5.75 Å². The molecule has 0 aliphatic rings. The molecule has 122 valence electrons. The summed E-state index contributed by atoms with van der Waals surface area (Å²) >= 11 is 0. The quantitative estimate of drug-likeness (QED) is 0.550. The van der Waals surface area contributed by atoms with Gasteiger partial charge in [0.2, 0.25) is 0 Å². The standard InChI is InChI=1S/C23H24O/c1-2-22-10-6-7-11-23(22)24-18-21-16-14-20(15-17-21)13-12-19-8-4-3-5-9-19/h3-11,14-17H,2,12-13,18H2,1H3. The smallest absolute Gasteiger partial charge is 0.122 e. The predicted molar refractivity (Wildman–Crippen MR) is 100 cm³/mol. The van der Waals surface area contributed by atoms with Crippen LogP contribution in [0.2, 0.25) is 0 Å². The molecular weight excluding hydrogens is 292 g/mol. The monoisotopic (exact) mass is 316 g/mol. The second-order valence-corrected chi connectivity index (χ2v) is 6.05. The highest BCUT2D eigenvalue weighted by Crippen LogP contribution is 2.20. The average molecular weight is 316 g/mol. The van der Waals surface area contributed by atoms with Crippen LogP contribution in [0.1, 0.15) is 29.2 Å². The highest BCUT2D eigenvalue weighted by atomic mass is 16.5. The van der Waals surface area contributed by atoms with Gasteiger partial charge in [0.15, 0.2) is 0 Å². The summed E-state index contributed by atoms with van der Waals surface area (Å²) in [5.41, 5.74) is 5.24. The van der Waals surface area contributed by atoms with E-state index < -0.39 is 0 Å². The minimum atomic E-state index is 0.621. The second kappa shape index (κ2) is 8.35. The molecule has 1 nitrogen and oxygen atoms in total. The highest BCUT2D eigenvalue weighted by molar-refractivity contribution is 5.33. The molecule has 1 heteroatoms. The number of hydrogen-bond acceptors (Lipinski definition) is 1. The zero-order valence-corrected chi connectivity index (χ0v) is 14.2. The lowest BCUT2D eigenvalue weighted by Gasteiger charge is -2.10. The molecule has 0 amide bonds. The Morgan fingerprint density at radius 3 is 1.92 bits per heavy atom. The Morgan fingerprint density at radius 2 is 1.21 bits per heavy atom. The van der Waals surface area contributed by atoms with Gasteiger partial charge in [-0.25, -0.2) is 0 Å². The van der Waals surface area contributed by atoms with Crippen LogP contribution in [0.3, 0.4) is 0 Å². The van der Waals surface area contributed by atoms with Crippen molar-refractivity contribution in [3.63, 3.8) is 0 Å². The molecule has 0 unspecified atom stereocenters. The normalized spacial score (nSPS) is 10.5. The van der Waals surface area contributed by atoms with Gasteiger partial charge >= 0.3 is 0 Å². The van der Waals surface area contributed by atoms with E-state index in [0.29, 0.717) is 6.61 Å². The summed E-state index contributed by atoms with van der Waals surface area (Å²) in [7, 11) is 0. The third kappa shape index (κ3) is 4.48. The van der Waals surface area contributed by atoms with E-state index in [4.69, 9.17) is 4.74 Å². The zero-order valence-electron chi connectivity index (χ0n) is 14.2. The summed E-state index contributed by atoms with van der Waals surface area (Å²) in [5.74, 6) is 0.994. The molecule has 0 saturated carbocycles. The molecule has 3 rings (SSSR count). The van der Waals surface area contributed by atoms with Crippen LogP contribution in [0, 0.1) is 0 Å². The largest absolute Gasteiger partial charge is 0.489 e. The topological polar surface area (TPSA) is 9.23 Å². The Hall–Kier alpha value is -2.54. The molecule has 0 aliphatic carbocycles. The Kier molecular flexibility index (Phi) is 5.68. The number of rotatable bonds is 7. The summed E-state index contributed by atoms with van der Waals surface area (Å²) in [5, 5.41) is 0. The van der Waals surface area contributed by atoms with Gasteiger partial charge in [0, 0.05) is 0 Å². The number of para-hydroxylation sites is 1. The molecule has 24 heavy (non-hydrogen) atoms. The van der Waals surface area contributed by atoms with Crippen LogP contribution >= 0.6 is 0 Å². The van der Waals surface area contributed by atoms with Crippen molar-refractivity contribution in [2.75, 3.05) is 0 Å². The van der Waals surface area contributed by atoms with Crippen molar-refractivity contribution in [2.45, 2.75) is 32.8 Å². The molecule has 0 spiro atoms. The molecule has 0 atom stereocenters. The van der Waals surface area contributed by atoms with Crippen LogP contribution in [-0.4, -0.2) is 0 Å². The molecule has 3 aromatic rings. The fourth-order valence-electron chi connectivity index (χ4n) is 2.83. The van der Waals surface area contributed by atoms with Crippen LogP contribution in [0.4, 0.5) is 0 Å².